The van der Waals surface area contributed by atoms with Gasteiger partial charge in [0.2, 0.25) is 5.91 Å². The van der Waals surface area contributed by atoms with Crippen LogP contribution in [0.25, 0.3) is 11.3 Å². The predicted octanol–water partition coefficient (Wildman–Crippen LogP) is 5.42. The zero-order chi connectivity index (χ0) is 33.6. The largest absolute Gasteiger partial charge is 0.445 e. The van der Waals surface area contributed by atoms with Crippen molar-refractivity contribution >= 4 is 23.7 Å². The first-order valence-electron chi connectivity index (χ1n) is 16.9. The van der Waals surface area contributed by atoms with Gasteiger partial charge in [-0.1, -0.05) is 48.5 Å². The second-order valence-electron chi connectivity index (χ2n) is 12.1. The molecule has 0 aliphatic carbocycles. The molecule has 2 saturated heterocycles. The molecule has 1 unspecified atom stereocenters. The van der Waals surface area contributed by atoms with E-state index in [1.54, 1.807) is 18.2 Å². The van der Waals surface area contributed by atoms with E-state index in [9.17, 15) is 19.6 Å². The van der Waals surface area contributed by atoms with Crippen molar-refractivity contribution in [1.82, 2.24) is 20.5 Å². The summed E-state index contributed by atoms with van der Waals surface area (Å²) in [6.07, 6.45) is 6.16. The van der Waals surface area contributed by atoms with Gasteiger partial charge in [-0.15, -0.1) is 0 Å². The number of nitrogens with one attached hydrogen (secondary N) is 3. The Kier molecular flexibility index (Phi) is 12.8. The van der Waals surface area contributed by atoms with E-state index in [0.717, 1.165) is 50.7 Å². The SMILES string of the molecule is N#Cc1ccccc1-c1ccc(C(=O)NC[C@H]2CCCN2C(=O)CCCNC(=O)OCc2ccccc2)c(NCCC2CCCCO2)n1. The van der Waals surface area contributed by atoms with Crippen LogP contribution in [0.5, 0.6) is 0 Å². The Labute approximate surface area is 282 Å². The molecule has 11 heteroatoms. The maximum Gasteiger partial charge on any atom is 0.407 e. The van der Waals surface area contributed by atoms with Gasteiger partial charge in [-0.2, -0.15) is 5.26 Å². The number of hydrogen-bond donors (Lipinski definition) is 3. The summed E-state index contributed by atoms with van der Waals surface area (Å²) in [6.45, 7) is 2.85. The lowest BCUT2D eigenvalue weighted by molar-refractivity contribution is -0.132. The molecule has 3 N–H and O–H groups in total. The van der Waals surface area contributed by atoms with Crippen molar-refractivity contribution in [2.24, 2.45) is 0 Å². The molecular weight excluding hydrogens is 608 g/mol. The van der Waals surface area contributed by atoms with E-state index in [0.29, 0.717) is 60.8 Å². The van der Waals surface area contributed by atoms with Crippen LogP contribution in [0.15, 0.2) is 66.7 Å². The van der Waals surface area contributed by atoms with Crippen LogP contribution in [0.1, 0.15) is 72.9 Å². The third-order valence-corrected chi connectivity index (χ3v) is 8.74. The van der Waals surface area contributed by atoms with Crippen LogP contribution in [-0.4, -0.2) is 72.7 Å². The first-order valence-corrected chi connectivity index (χ1v) is 16.9. The van der Waals surface area contributed by atoms with Gasteiger partial charge < -0.3 is 30.3 Å². The van der Waals surface area contributed by atoms with E-state index in [-0.39, 0.29) is 37.0 Å². The second kappa shape index (κ2) is 17.8. The topological polar surface area (TPSA) is 146 Å². The van der Waals surface area contributed by atoms with Crippen LogP contribution in [0.4, 0.5) is 10.6 Å². The second-order valence-corrected chi connectivity index (χ2v) is 12.1. The van der Waals surface area contributed by atoms with Crippen molar-refractivity contribution in [2.45, 2.75) is 70.1 Å². The Balaban J connectivity index is 1.13. The fourth-order valence-corrected chi connectivity index (χ4v) is 6.15. The van der Waals surface area contributed by atoms with Crippen molar-refractivity contribution < 1.29 is 23.9 Å². The summed E-state index contributed by atoms with van der Waals surface area (Å²) >= 11 is 0. The maximum absolute atomic E-state index is 13.5. The van der Waals surface area contributed by atoms with Crippen molar-refractivity contribution in [3.8, 4) is 17.3 Å². The molecule has 3 heterocycles. The van der Waals surface area contributed by atoms with Gasteiger partial charge in [-0.3, -0.25) is 9.59 Å². The van der Waals surface area contributed by atoms with Crippen molar-refractivity contribution in [2.75, 3.05) is 38.1 Å². The highest BCUT2D eigenvalue weighted by atomic mass is 16.5. The van der Waals surface area contributed by atoms with Gasteiger partial charge in [0.25, 0.3) is 5.91 Å². The van der Waals surface area contributed by atoms with Crippen LogP contribution in [0, 0.1) is 11.3 Å². The number of hydrogen-bond acceptors (Lipinski definition) is 8. The van der Waals surface area contributed by atoms with Crippen molar-refractivity contribution in [1.29, 1.82) is 5.26 Å². The zero-order valence-corrected chi connectivity index (χ0v) is 27.3. The number of pyridine rings is 1. The Morgan fingerprint density at radius 1 is 0.958 bits per heavy atom. The average Bonchev–Trinajstić information content (AvgIpc) is 3.61. The highest BCUT2D eigenvalue weighted by Crippen LogP contribution is 2.26. The fourth-order valence-electron chi connectivity index (χ4n) is 6.15. The minimum Gasteiger partial charge on any atom is -0.445 e. The minimum atomic E-state index is -0.513. The van der Waals surface area contributed by atoms with Crippen molar-refractivity contribution in [3.63, 3.8) is 0 Å². The molecule has 3 aromatic rings. The van der Waals surface area contributed by atoms with E-state index in [2.05, 4.69) is 22.0 Å². The molecule has 3 amide bonds. The summed E-state index contributed by atoms with van der Waals surface area (Å²) in [5.41, 5.74) is 3.12. The summed E-state index contributed by atoms with van der Waals surface area (Å²) in [4.78, 5) is 45.2. The predicted molar refractivity (Wildman–Crippen MR) is 182 cm³/mol. The molecule has 0 radical (unpaired) electrons. The van der Waals surface area contributed by atoms with Gasteiger partial charge in [0.15, 0.2) is 0 Å². The monoisotopic (exact) mass is 652 g/mol. The maximum atomic E-state index is 13.5. The molecule has 2 fully saturated rings. The van der Waals surface area contributed by atoms with E-state index in [4.69, 9.17) is 14.5 Å². The number of carbonyl (C=O) groups excluding carboxylic acids is 3. The molecule has 11 nitrogen and oxygen atoms in total. The molecule has 0 bridgehead atoms. The number of benzene rings is 2. The lowest BCUT2D eigenvalue weighted by Gasteiger charge is -2.25. The Hall–Kier alpha value is -4.95. The summed E-state index contributed by atoms with van der Waals surface area (Å²) < 4.78 is 11.1. The van der Waals surface area contributed by atoms with E-state index in [1.165, 1.54) is 0 Å². The number of alkyl carbamates (subject to hydrolysis) is 1. The number of nitriles is 1. The zero-order valence-electron chi connectivity index (χ0n) is 27.3. The number of anilines is 1. The van der Waals surface area contributed by atoms with Crippen LogP contribution < -0.4 is 16.0 Å². The number of ether oxygens (including phenoxy) is 2. The standard InChI is InChI=1S/C37H44N6O5/c38-24-28-12-4-5-15-31(28)33-18-17-32(35(42-33)39-21-19-30-14-6-7-23-47-30)36(45)41-25-29-13-9-22-43(29)34(44)16-8-20-40-37(46)48-26-27-10-2-1-3-11-27/h1-5,10-12,15,17-18,29-30H,6-9,13-14,16,19-23,25-26H2,(H,39,42)(H,40,46)(H,41,45)/t29-,30?/m1/s1. The highest BCUT2D eigenvalue weighted by Gasteiger charge is 2.29. The molecule has 2 atom stereocenters. The number of likely N-dealkylation sites (tertiary alicyclic amines) is 1. The summed E-state index contributed by atoms with van der Waals surface area (Å²) in [5.74, 6) is 0.167. The number of rotatable bonds is 14. The third-order valence-electron chi connectivity index (χ3n) is 8.74. The Morgan fingerprint density at radius 2 is 1.79 bits per heavy atom. The molecule has 0 saturated carbocycles. The molecular formula is C37H44N6O5. The van der Waals surface area contributed by atoms with Gasteiger partial charge in [0.05, 0.1) is 29.0 Å². The van der Waals surface area contributed by atoms with Crippen molar-refractivity contribution in [3.05, 3.63) is 83.4 Å². The number of nitrogens with zero attached hydrogens (tertiary/aromatic N) is 3. The Bertz CT molecular complexity index is 1570. The van der Waals surface area contributed by atoms with E-state index in [1.807, 2.05) is 53.4 Å². The van der Waals surface area contributed by atoms with Crippen LogP contribution in [0.3, 0.4) is 0 Å². The molecule has 5 rings (SSSR count). The van der Waals surface area contributed by atoms with Gasteiger partial charge >= 0.3 is 6.09 Å². The van der Waals surface area contributed by atoms with Gasteiger partial charge in [0, 0.05) is 50.8 Å². The molecule has 48 heavy (non-hydrogen) atoms. The van der Waals surface area contributed by atoms with Gasteiger partial charge in [0.1, 0.15) is 12.4 Å². The number of amides is 3. The lowest BCUT2D eigenvalue weighted by Crippen LogP contribution is -2.43. The number of aromatic nitrogens is 1. The van der Waals surface area contributed by atoms with Gasteiger partial charge in [-0.05, 0) is 68.7 Å². The molecule has 252 valence electrons. The van der Waals surface area contributed by atoms with Gasteiger partial charge in [-0.25, -0.2) is 9.78 Å². The summed E-state index contributed by atoms with van der Waals surface area (Å²) in [5, 5.41) is 18.7. The molecule has 2 aliphatic rings. The molecule has 2 aromatic carbocycles. The highest BCUT2D eigenvalue weighted by molar-refractivity contribution is 5.99. The van der Waals surface area contributed by atoms with Crippen LogP contribution in [0.2, 0.25) is 0 Å². The van der Waals surface area contributed by atoms with Crippen LogP contribution >= 0.6 is 0 Å². The molecule has 1 aromatic heterocycles. The quantitative estimate of drug-likeness (QED) is 0.196. The minimum absolute atomic E-state index is 0.000618. The first kappa shape index (κ1) is 34.4. The lowest BCUT2D eigenvalue weighted by atomic mass is 10.0. The normalized spacial score (nSPS) is 17.3. The van der Waals surface area contributed by atoms with Crippen LogP contribution in [-0.2, 0) is 20.9 Å². The first-order chi connectivity index (χ1) is 23.5. The summed E-state index contributed by atoms with van der Waals surface area (Å²) in [7, 11) is 0. The number of carbonyl (C=O) groups is 3. The van der Waals surface area contributed by atoms with E-state index < -0.39 is 6.09 Å². The van der Waals surface area contributed by atoms with E-state index >= 15 is 0 Å². The summed E-state index contributed by atoms with van der Waals surface area (Å²) in [6, 6.07) is 22.3. The fraction of sp³-hybridized carbons (Fsp3) is 0.432. The Morgan fingerprint density at radius 3 is 2.60 bits per heavy atom. The average molecular weight is 653 g/mol. The smallest absolute Gasteiger partial charge is 0.407 e. The third kappa shape index (κ3) is 9.78. The molecule has 2 aliphatic heterocycles. The molecule has 0 spiro atoms.